The molecule has 0 unspecified atom stereocenters. The molecule has 0 bridgehead atoms. The van der Waals surface area contributed by atoms with E-state index in [1.54, 1.807) is 11.8 Å². The standard InChI is InChI=1S/C22H29FN4O/c1-4-7-20(19(23)5-2)26-12-14-27(15-13-26)22(28)24-16-18-9-6-8-17-10-11-25(3)21(17)18/h5-11H,4,12-16H2,1-3H3,(H,24,28)/b19-5+,20-7+. The molecule has 2 amide bonds. The number of rotatable bonds is 5. The van der Waals surface area contributed by atoms with Crippen LogP contribution in [0.1, 0.15) is 25.8 Å². The first-order chi connectivity index (χ1) is 13.5. The number of urea groups is 1. The molecular weight excluding hydrogens is 355 g/mol. The lowest BCUT2D eigenvalue weighted by Crippen LogP contribution is -2.51. The molecule has 0 atom stereocenters. The van der Waals surface area contributed by atoms with E-state index in [0.29, 0.717) is 38.4 Å². The van der Waals surface area contributed by atoms with Gasteiger partial charge < -0.3 is 19.7 Å². The quantitative estimate of drug-likeness (QED) is 0.786. The van der Waals surface area contributed by atoms with Crippen molar-refractivity contribution >= 4 is 16.9 Å². The van der Waals surface area contributed by atoms with Gasteiger partial charge in [0.15, 0.2) is 0 Å². The zero-order valence-corrected chi connectivity index (χ0v) is 16.9. The summed E-state index contributed by atoms with van der Waals surface area (Å²) >= 11 is 0. The van der Waals surface area contributed by atoms with E-state index >= 15 is 0 Å². The second kappa shape index (κ2) is 8.95. The van der Waals surface area contributed by atoms with Crippen molar-refractivity contribution in [1.82, 2.24) is 19.7 Å². The maximum absolute atomic E-state index is 14.1. The zero-order valence-electron chi connectivity index (χ0n) is 16.9. The van der Waals surface area contributed by atoms with Gasteiger partial charge in [-0.3, -0.25) is 0 Å². The maximum atomic E-state index is 14.1. The number of aryl methyl sites for hydroxylation is 1. The lowest BCUT2D eigenvalue weighted by Gasteiger charge is -2.37. The molecule has 1 saturated heterocycles. The molecule has 1 aromatic carbocycles. The number of benzene rings is 1. The Morgan fingerprint density at radius 1 is 1.18 bits per heavy atom. The summed E-state index contributed by atoms with van der Waals surface area (Å²) in [6, 6.07) is 8.14. The van der Waals surface area contributed by atoms with Gasteiger partial charge in [0, 0.05) is 46.0 Å². The van der Waals surface area contributed by atoms with Gasteiger partial charge in [-0.15, -0.1) is 0 Å². The number of carbonyl (C=O) groups excluding carboxylic acids is 1. The van der Waals surface area contributed by atoms with Crippen molar-refractivity contribution in [2.45, 2.75) is 26.8 Å². The minimum atomic E-state index is -0.199. The smallest absolute Gasteiger partial charge is 0.317 e. The number of allylic oxidation sites excluding steroid dienone is 3. The van der Waals surface area contributed by atoms with Crippen molar-refractivity contribution in [2.75, 3.05) is 26.2 Å². The third kappa shape index (κ3) is 4.21. The van der Waals surface area contributed by atoms with Crippen LogP contribution in [0.2, 0.25) is 0 Å². The Hall–Kier alpha value is -2.76. The molecule has 5 nitrogen and oxygen atoms in total. The van der Waals surface area contributed by atoms with Crippen LogP contribution in [0.3, 0.4) is 0 Å². The molecule has 2 heterocycles. The average molecular weight is 384 g/mol. The molecule has 6 heteroatoms. The van der Waals surface area contributed by atoms with Gasteiger partial charge in [0.2, 0.25) is 0 Å². The number of fused-ring (bicyclic) bond motifs is 1. The third-order valence-corrected chi connectivity index (χ3v) is 5.21. The van der Waals surface area contributed by atoms with Crippen molar-refractivity contribution in [3.8, 4) is 0 Å². The first kappa shape index (κ1) is 20.0. The summed E-state index contributed by atoms with van der Waals surface area (Å²) in [7, 11) is 2.01. The second-order valence-corrected chi connectivity index (χ2v) is 7.05. The van der Waals surface area contributed by atoms with Crippen LogP contribution >= 0.6 is 0 Å². The molecule has 150 valence electrons. The van der Waals surface area contributed by atoms with Crippen LogP contribution in [0.25, 0.3) is 10.9 Å². The van der Waals surface area contributed by atoms with E-state index in [1.165, 1.54) is 11.5 Å². The fraction of sp³-hybridized carbons (Fsp3) is 0.409. The maximum Gasteiger partial charge on any atom is 0.317 e. The Morgan fingerprint density at radius 2 is 1.89 bits per heavy atom. The van der Waals surface area contributed by atoms with Crippen LogP contribution in [-0.2, 0) is 13.6 Å². The van der Waals surface area contributed by atoms with Crippen LogP contribution in [0.15, 0.2) is 54.1 Å². The lowest BCUT2D eigenvalue weighted by atomic mass is 10.1. The SMILES string of the molecule is C/C=C(F)\C(=C/CC)N1CCN(C(=O)NCc2cccc3ccn(C)c23)CC1. The molecule has 1 aromatic heterocycles. The molecule has 1 fully saturated rings. The van der Waals surface area contributed by atoms with E-state index in [0.717, 1.165) is 17.5 Å². The van der Waals surface area contributed by atoms with Gasteiger partial charge >= 0.3 is 6.03 Å². The first-order valence-electron chi connectivity index (χ1n) is 9.88. The molecule has 1 aliphatic rings. The Bertz CT molecular complexity index is 891. The van der Waals surface area contributed by atoms with Gasteiger partial charge in [-0.05, 0) is 36.4 Å². The van der Waals surface area contributed by atoms with Crippen molar-refractivity contribution < 1.29 is 9.18 Å². The largest absolute Gasteiger partial charge is 0.366 e. The van der Waals surface area contributed by atoms with Crippen LogP contribution in [0, 0.1) is 0 Å². The van der Waals surface area contributed by atoms with Gasteiger partial charge in [-0.1, -0.05) is 31.2 Å². The molecule has 3 rings (SSSR count). The lowest BCUT2D eigenvalue weighted by molar-refractivity contribution is 0.156. The van der Waals surface area contributed by atoms with Gasteiger partial charge in [0.05, 0.1) is 11.2 Å². The molecule has 0 saturated carbocycles. The highest BCUT2D eigenvalue weighted by molar-refractivity contribution is 5.84. The predicted octanol–water partition coefficient (Wildman–Crippen LogP) is 4.17. The van der Waals surface area contributed by atoms with Gasteiger partial charge in [-0.25, -0.2) is 9.18 Å². The van der Waals surface area contributed by atoms with E-state index in [-0.39, 0.29) is 11.9 Å². The molecule has 28 heavy (non-hydrogen) atoms. The van der Waals surface area contributed by atoms with Crippen LogP contribution in [-0.4, -0.2) is 46.6 Å². The number of carbonyl (C=O) groups is 1. The normalized spacial score (nSPS) is 16.0. The number of halogens is 1. The van der Waals surface area contributed by atoms with Gasteiger partial charge in [0.1, 0.15) is 5.83 Å². The van der Waals surface area contributed by atoms with Crippen LogP contribution < -0.4 is 5.32 Å². The number of nitrogens with one attached hydrogen (secondary N) is 1. The Labute approximate surface area is 166 Å². The van der Waals surface area contributed by atoms with Crippen LogP contribution in [0.4, 0.5) is 9.18 Å². The minimum absolute atomic E-state index is 0.0709. The Kier molecular flexibility index (Phi) is 6.39. The van der Waals surface area contributed by atoms with Crippen molar-refractivity contribution in [2.24, 2.45) is 7.05 Å². The fourth-order valence-electron chi connectivity index (χ4n) is 3.74. The highest BCUT2D eigenvalue weighted by atomic mass is 19.1. The summed E-state index contributed by atoms with van der Waals surface area (Å²) in [6.07, 6.45) is 6.21. The molecule has 0 spiro atoms. The summed E-state index contributed by atoms with van der Waals surface area (Å²) in [5, 5.41) is 4.21. The summed E-state index contributed by atoms with van der Waals surface area (Å²) in [5.74, 6) is -0.199. The molecule has 0 radical (unpaired) electrons. The van der Waals surface area contributed by atoms with Gasteiger partial charge in [-0.2, -0.15) is 0 Å². The van der Waals surface area contributed by atoms with E-state index in [1.807, 2.05) is 43.3 Å². The molecule has 2 aromatic rings. The van der Waals surface area contributed by atoms with E-state index < -0.39 is 0 Å². The van der Waals surface area contributed by atoms with E-state index in [2.05, 4.69) is 22.0 Å². The average Bonchev–Trinajstić information content (AvgIpc) is 3.11. The predicted molar refractivity (Wildman–Crippen MR) is 112 cm³/mol. The minimum Gasteiger partial charge on any atom is -0.366 e. The number of nitrogens with zero attached hydrogens (tertiary/aromatic N) is 3. The highest BCUT2D eigenvalue weighted by Crippen LogP contribution is 2.21. The monoisotopic (exact) mass is 384 g/mol. The molecule has 1 aliphatic heterocycles. The van der Waals surface area contributed by atoms with Gasteiger partial charge in [0.25, 0.3) is 0 Å². The number of aromatic nitrogens is 1. The highest BCUT2D eigenvalue weighted by Gasteiger charge is 2.23. The molecule has 0 aliphatic carbocycles. The summed E-state index contributed by atoms with van der Waals surface area (Å²) < 4.78 is 16.2. The number of hydrogen-bond acceptors (Lipinski definition) is 2. The summed E-state index contributed by atoms with van der Waals surface area (Å²) in [4.78, 5) is 16.4. The topological polar surface area (TPSA) is 40.5 Å². The molecule has 1 N–H and O–H groups in total. The Balaban J connectivity index is 1.58. The summed E-state index contributed by atoms with van der Waals surface area (Å²) in [5.41, 5.74) is 2.88. The number of hydrogen-bond donors (Lipinski definition) is 1. The molecular formula is C22H29FN4O. The van der Waals surface area contributed by atoms with Crippen molar-refractivity contribution in [3.63, 3.8) is 0 Å². The summed E-state index contributed by atoms with van der Waals surface area (Å²) in [6.45, 7) is 6.62. The Morgan fingerprint density at radius 3 is 2.57 bits per heavy atom. The van der Waals surface area contributed by atoms with Crippen LogP contribution in [0.5, 0.6) is 0 Å². The number of para-hydroxylation sites is 1. The number of piperazine rings is 1. The number of amides is 2. The second-order valence-electron chi connectivity index (χ2n) is 7.05. The third-order valence-electron chi connectivity index (χ3n) is 5.21. The van der Waals surface area contributed by atoms with Crippen molar-refractivity contribution in [3.05, 3.63) is 59.7 Å². The zero-order chi connectivity index (χ0) is 20.1. The van der Waals surface area contributed by atoms with E-state index in [9.17, 15) is 9.18 Å². The fourth-order valence-corrected chi connectivity index (χ4v) is 3.74. The first-order valence-corrected chi connectivity index (χ1v) is 9.88. The van der Waals surface area contributed by atoms with Crippen molar-refractivity contribution in [1.29, 1.82) is 0 Å². The van der Waals surface area contributed by atoms with E-state index in [4.69, 9.17) is 0 Å².